The van der Waals surface area contributed by atoms with Gasteiger partial charge in [-0.1, -0.05) is 0 Å². The minimum atomic E-state index is -4.80. The zero-order valence-corrected chi connectivity index (χ0v) is 10.6. The number of benzene rings is 1. The highest BCUT2D eigenvalue weighted by Gasteiger charge is 2.38. The molecular weight excluding hydrogens is 292 g/mol. The van der Waals surface area contributed by atoms with Gasteiger partial charge in [0.05, 0.1) is 11.3 Å². The van der Waals surface area contributed by atoms with Gasteiger partial charge in [-0.25, -0.2) is 9.18 Å². The van der Waals surface area contributed by atoms with E-state index in [-0.39, 0.29) is 17.8 Å². The average molecular weight is 300 g/mol. The molecule has 1 aromatic heterocycles. The van der Waals surface area contributed by atoms with E-state index in [2.05, 4.69) is 5.10 Å². The summed E-state index contributed by atoms with van der Waals surface area (Å²) in [5, 5.41) is 11.8. The van der Waals surface area contributed by atoms with Crippen LogP contribution in [0.4, 0.5) is 17.6 Å². The maximum atomic E-state index is 13.5. The molecule has 2 aromatic rings. The van der Waals surface area contributed by atoms with Crippen molar-refractivity contribution in [2.24, 2.45) is 0 Å². The van der Waals surface area contributed by atoms with Crippen LogP contribution < -0.4 is 5.69 Å². The van der Waals surface area contributed by atoms with E-state index in [9.17, 15) is 22.4 Å². The molecule has 110 valence electrons. The Morgan fingerprint density at radius 2 is 2.05 bits per heavy atom. The van der Waals surface area contributed by atoms with Crippen LogP contribution in [0.1, 0.15) is 18.3 Å². The van der Waals surface area contributed by atoms with Gasteiger partial charge in [0.1, 0.15) is 11.9 Å². The van der Waals surface area contributed by atoms with Crippen LogP contribution in [0.15, 0.2) is 23.0 Å². The summed E-state index contributed by atoms with van der Waals surface area (Å²) < 4.78 is 52.8. The van der Waals surface area contributed by atoms with Crippen LogP contribution in [-0.4, -0.2) is 14.3 Å². The van der Waals surface area contributed by atoms with Crippen molar-refractivity contribution in [1.82, 2.24) is 14.3 Å². The molecule has 21 heavy (non-hydrogen) atoms. The molecule has 0 atom stereocenters. The van der Waals surface area contributed by atoms with Crippen LogP contribution in [-0.2, 0) is 12.7 Å². The fourth-order valence-electron chi connectivity index (χ4n) is 1.79. The number of rotatable bonds is 2. The van der Waals surface area contributed by atoms with Gasteiger partial charge in [-0.2, -0.15) is 23.1 Å². The summed E-state index contributed by atoms with van der Waals surface area (Å²) in [4.78, 5) is 11.9. The molecule has 1 heterocycles. The summed E-state index contributed by atoms with van der Waals surface area (Å²) in [5.74, 6) is -2.30. The molecule has 0 aliphatic rings. The highest BCUT2D eigenvalue weighted by Crippen LogP contribution is 2.27. The van der Waals surface area contributed by atoms with Crippen molar-refractivity contribution in [3.05, 3.63) is 45.9 Å². The minimum absolute atomic E-state index is 0.186. The van der Waals surface area contributed by atoms with Crippen molar-refractivity contribution in [2.75, 3.05) is 0 Å². The summed E-state index contributed by atoms with van der Waals surface area (Å²) in [6.07, 6.45) is -4.80. The first-order valence-corrected chi connectivity index (χ1v) is 5.76. The molecule has 0 unspecified atom stereocenters. The number of hydrogen-bond donors (Lipinski definition) is 0. The molecule has 1 aromatic carbocycles. The molecule has 0 fully saturated rings. The van der Waals surface area contributed by atoms with Crippen molar-refractivity contribution in [3.63, 3.8) is 0 Å². The molecule has 0 amide bonds. The topological polar surface area (TPSA) is 63.6 Å². The molecular formula is C12H8F4N4O. The number of aromatic nitrogens is 3. The third-order valence-electron chi connectivity index (χ3n) is 2.75. The third-order valence-corrected chi connectivity index (χ3v) is 2.75. The summed E-state index contributed by atoms with van der Waals surface area (Å²) in [5.41, 5.74) is -1.50. The second-order valence-electron chi connectivity index (χ2n) is 4.04. The number of halogens is 4. The zero-order valence-electron chi connectivity index (χ0n) is 10.6. The minimum Gasteiger partial charge on any atom is -0.271 e. The van der Waals surface area contributed by atoms with Gasteiger partial charge in [-0.3, -0.25) is 4.57 Å². The van der Waals surface area contributed by atoms with Gasteiger partial charge in [-0.15, -0.1) is 5.10 Å². The van der Waals surface area contributed by atoms with Crippen LogP contribution >= 0.6 is 0 Å². The number of nitrogens with zero attached hydrogens (tertiary/aromatic N) is 4. The highest BCUT2D eigenvalue weighted by molar-refractivity contribution is 5.40. The van der Waals surface area contributed by atoms with Gasteiger partial charge in [0.25, 0.3) is 0 Å². The van der Waals surface area contributed by atoms with E-state index >= 15 is 0 Å². The van der Waals surface area contributed by atoms with Gasteiger partial charge in [0.15, 0.2) is 0 Å². The second kappa shape index (κ2) is 5.05. The normalized spacial score (nSPS) is 11.4. The predicted molar refractivity (Wildman–Crippen MR) is 63.2 cm³/mol. The molecule has 0 saturated heterocycles. The molecule has 0 aliphatic heterocycles. The van der Waals surface area contributed by atoms with Crippen molar-refractivity contribution < 1.29 is 17.6 Å². The largest absolute Gasteiger partial charge is 0.451 e. The van der Waals surface area contributed by atoms with Crippen molar-refractivity contribution >= 4 is 0 Å². The lowest BCUT2D eigenvalue weighted by molar-refractivity contribution is -0.147. The summed E-state index contributed by atoms with van der Waals surface area (Å²) in [6.45, 7) is 1.13. The van der Waals surface area contributed by atoms with E-state index in [0.29, 0.717) is 9.25 Å². The molecule has 0 aliphatic carbocycles. The fourth-order valence-corrected chi connectivity index (χ4v) is 1.79. The van der Waals surface area contributed by atoms with Crippen LogP contribution in [0, 0.1) is 17.1 Å². The van der Waals surface area contributed by atoms with E-state index in [0.717, 1.165) is 18.2 Å². The first kappa shape index (κ1) is 14.8. The van der Waals surface area contributed by atoms with Crippen molar-refractivity contribution in [3.8, 4) is 11.8 Å². The van der Waals surface area contributed by atoms with Crippen LogP contribution in [0.5, 0.6) is 0 Å². The Bertz CT molecular complexity index is 782. The highest BCUT2D eigenvalue weighted by atomic mass is 19.4. The monoisotopic (exact) mass is 300 g/mol. The molecule has 2 rings (SSSR count). The Balaban J connectivity index is 2.66. The Morgan fingerprint density at radius 1 is 1.38 bits per heavy atom. The molecule has 0 radical (unpaired) electrons. The summed E-state index contributed by atoms with van der Waals surface area (Å²) in [6, 6.07) is 4.57. The molecule has 0 saturated carbocycles. The predicted octanol–water partition coefficient (Wildman–Crippen LogP) is 2.08. The fraction of sp³-hybridized carbons (Fsp3) is 0.250. The van der Waals surface area contributed by atoms with Gasteiger partial charge in [0, 0.05) is 12.6 Å². The maximum Gasteiger partial charge on any atom is 0.451 e. The smallest absolute Gasteiger partial charge is 0.271 e. The van der Waals surface area contributed by atoms with Crippen LogP contribution in [0.3, 0.4) is 0 Å². The van der Waals surface area contributed by atoms with Crippen LogP contribution in [0.2, 0.25) is 0 Å². The maximum absolute atomic E-state index is 13.5. The zero-order chi connectivity index (χ0) is 15.8. The van der Waals surface area contributed by atoms with Gasteiger partial charge in [0.2, 0.25) is 5.82 Å². The number of alkyl halides is 3. The second-order valence-corrected chi connectivity index (χ2v) is 4.04. The SMILES string of the molecule is CCn1c(C(F)(F)F)nn(-c2ccc(C#N)c(F)c2)c1=O. The van der Waals surface area contributed by atoms with Gasteiger partial charge >= 0.3 is 11.9 Å². The Hall–Kier alpha value is -2.63. The lowest BCUT2D eigenvalue weighted by atomic mass is 10.2. The Labute approximate surface area is 115 Å². The molecule has 0 spiro atoms. The third kappa shape index (κ3) is 2.52. The average Bonchev–Trinajstić information content (AvgIpc) is 2.75. The lowest BCUT2D eigenvalue weighted by Crippen LogP contribution is -2.25. The van der Waals surface area contributed by atoms with E-state index in [1.165, 1.54) is 6.92 Å². The molecule has 5 nitrogen and oxygen atoms in total. The van der Waals surface area contributed by atoms with Crippen molar-refractivity contribution in [1.29, 1.82) is 5.26 Å². The quantitative estimate of drug-likeness (QED) is 0.798. The summed E-state index contributed by atoms with van der Waals surface area (Å²) in [7, 11) is 0. The van der Waals surface area contributed by atoms with Crippen molar-refractivity contribution in [2.45, 2.75) is 19.6 Å². The van der Waals surface area contributed by atoms with Crippen LogP contribution in [0.25, 0.3) is 5.69 Å². The standard InChI is InChI=1S/C12H8F4N4O/c1-2-19-10(12(14,15)16)18-20(11(19)21)8-4-3-7(6-17)9(13)5-8/h3-5H,2H2,1H3. The first-order chi connectivity index (χ1) is 9.79. The molecule has 9 heteroatoms. The summed E-state index contributed by atoms with van der Waals surface area (Å²) >= 11 is 0. The van der Waals surface area contributed by atoms with Gasteiger partial charge < -0.3 is 0 Å². The van der Waals surface area contributed by atoms with Gasteiger partial charge in [-0.05, 0) is 19.1 Å². The Morgan fingerprint density at radius 3 is 2.48 bits per heavy atom. The molecule has 0 bridgehead atoms. The molecule has 0 N–H and O–H groups in total. The van der Waals surface area contributed by atoms with E-state index in [1.807, 2.05) is 0 Å². The Kier molecular flexibility index (Phi) is 3.55. The van der Waals surface area contributed by atoms with E-state index < -0.39 is 23.5 Å². The first-order valence-electron chi connectivity index (χ1n) is 5.76. The van der Waals surface area contributed by atoms with E-state index in [1.54, 1.807) is 6.07 Å². The van der Waals surface area contributed by atoms with E-state index in [4.69, 9.17) is 5.26 Å². The number of hydrogen-bond acceptors (Lipinski definition) is 3. The number of nitriles is 1. The lowest BCUT2D eigenvalue weighted by Gasteiger charge is -2.04.